The molecular weight excluding hydrogens is 234 g/mol. The van der Waals surface area contributed by atoms with Crippen LogP contribution in [0.1, 0.15) is 0 Å². The zero-order chi connectivity index (χ0) is 13.1. The van der Waals surface area contributed by atoms with Crippen LogP contribution in [0.5, 0.6) is 0 Å². The van der Waals surface area contributed by atoms with Crippen LogP contribution in [-0.4, -0.2) is 40.2 Å². The van der Waals surface area contributed by atoms with Crippen molar-refractivity contribution in [3.63, 3.8) is 0 Å². The molecule has 0 fully saturated rings. The van der Waals surface area contributed by atoms with Gasteiger partial charge in [0.25, 0.3) is 5.69 Å². The molecule has 0 aliphatic heterocycles. The highest BCUT2D eigenvalue weighted by Crippen LogP contribution is 2.25. The van der Waals surface area contributed by atoms with Gasteiger partial charge in [-0.15, -0.1) is 0 Å². The summed E-state index contributed by atoms with van der Waals surface area (Å²) in [7, 11) is 3.66. The molecule has 0 spiro atoms. The van der Waals surface area contributed by atoms with Crippen molar-refractivity contribution < 1.29 is 4.92 Å². The van der Waals surface area contributed by atoms with Crippen molar-refractivity contribution in [3.05, 3.63) is 34.6 Å². The minimum absolute atomic E-state index is 0.00129. The van der Waals surface area contributed by atoms with Gasteiger partial charge in [-0.3, -0.25) is 10.1 Å². The quantitative estimate of drug-likeness (QED) is 0.356. The summed E-state index contributed by atoms with van der Waals surface area (Å²) < 4.78 is 0. The molecule has 92 valence electrons. The molecule has 0 saturated heterocycles. The van der Waals surface area contributed by atoms with E-state index in [0.717, 1.165) is 0 Å². The minimum atomic E-state index is -0.453. The molecule has 7 nitrogen and oxygen atoms in total. The van der Waals surface area contributed by atoms with Crippen LogP contribution in [0.15, 0.2) is 29.5 Å². The van der Waals surface area contributed by atoms with Gasteiger partial charge in [0, 0.05) is 26.2 Å². The summed E-state index contributed by atoms with van der Waals surface area (Å²) in [6.07, 6.45) is 2.97. The lowest BCUT2D eigenvalue weighted by Crippen LogP contribution is -2.07. The summed E-state index contributed by atoms with van der Waals surface area (Å²) in [5.74, 6) is 0.414. The number of non-ortho nitro benzene ring substituents is 1. The predicted molar refractivity (Wildman–Crippen MR) is 68.0 cm³/mol. The molecular formula is C11H11N5O2. The SMILES string of the molecule is CN(C)C=Nc1ncnc2ccc([N+](=O)[O-])cc12. The number of nitrogens with zero attached hydrogens (tertiary/aromatic N) is 5. The number of benzene rings is 1. The van der Waals surface area contributed by atoms with Gasteiger partial charge >= 0.3 is 0 Å². The standard InChI is InChI=1S/C11H11N5O2/c1-15(2)7-14-11-9-5-8(16(17)18)3-4-10(9)12-6-13-11/h3-7H,1-2H3. The molecule has 2 aromatic rings. The van der Waals surface area contributed by atoms with E-state index in [2.05, 4.69) is 15.0 Å². The van der Waals surface area contributed by atoms with E-state index in [-0.39, 0.29) is 5.69 Å². The van der Waals surface area contributed by atoms with Crippen LogP contribution in [0.25, 0.3) is 10.9 Å². The Balaban J connectivity index is 2.59. The van der Waals surface area contributed by atoms with Gasteiger partial charge in [-0.1, -0.05) is 0 Å². The Morgan fingerprint density at radius 1 is 1.39 bits per heavy atom. The summed E-state index contributed by atoms with van der Waals surface area (Å²) in [4.78, 5) is 24.3. The van der Waals surface area contributed by atoms with Crippen LogP contribution in [-0.2, 0) is 0 Å². The third-order valence-electron chi connectivity index (χ3n) is 2.22. The van der Waals surface area contributed by atoms with Gasteiger partial charge in [0.2, 0.25) is 0 Å². The van der Waals surface area contributed by atoms with Crippen molar-refractivity contribution in [2.75, 3.05) is 14.1 Å². The zero-order valence-electron chi connectivity index (χ0n) is 9.94. The number of nitro groups is 1. The van der Waals surface area contributed by atoms with Crippen LogP contribution in [0.2, 0.25) is 0 Å². The second-order valence-corrected chi connectivity index (χ2v) is 3.86. The van der Waals surface area contributed by atoms with E-state index in [1.807, 2.05) is 14.1 Å². The highest BCUT2D eigenvalue weighted by Gasteiger charge is 2.09. The maximum absolute atomic E-state index is 10.7. The number of hydrogen-bond donors (Lipinski definition) is 0. The van der Waals surface area contributed by atoms with Crippen molar-refractivity contribution >= 4 is 28.7 Å². The first-order chi connectivity index (χ1) is 8.58. The lowest BCUT2D eigenvalue weighted by molar-refractivity contribution is -0.384. The molecule has 18 heavy (non-hydrogen) atoms. The van der Waals surface area contributed by atoms with Crippen molar-refractivity contribution in [2.45, 2.75) is 0 Å². The van der Waals surface area contributed by atoms with Crippen LogP contribution in [0.3, 0.4) is 0 Å². The van der Waals surface area contributed by atoms with Crippen molar-refractivity contribution in [2.24, 2.45) is 4.99 Å². The molecule has 0 atom stereocenters. The van der Waals surface area contributed by atoms with E-state index >= 15 is 0 Å². The van der Waals surface area contributed by atoms with Crippen molar-refractivity contribution in [1.29, 1.82) is 0 Å². The maximum atomic E-state index is 10.7. The van der Waals surface area contributed by atoms with Crippen LogP contribution in [0, 0.1) is 10.1 Å². The Kier molecular flexibility index (Phi) is 3.13. The molecule has 7 heteroatoms. The van der Waals surface area contributed by atoms with E-state index in [9.17, 15) is 10.1 Å². The third-order valence-corrected chi connectivity index (χ3v) is 2.22. The topological polar surface area (TPSA) is 84.5 Å². The molecule has 0 unspecified atom stereocenters. The van der Waals surface area contributed by atoms with E-state index < -0.39 is 4.92 Å². The van der Waals surface area contributed by atoms with Gasteiger partial charge < -0.3 is 4.90 Å². The van der Waals surface area contributed by atoms with E-state index in [4.69, 9.17) is 0 Å². The molecule has 0 radical (unpaired) electrons. The van der Waals surface area contributed by atoms with Crippen LogP contribution >= 0.6 is 0 Å². The van der Waals surface area contributed by atoms with Gasteiger partial charge in [-0.25, -0.2) is 15.0 Å². The molecule has 0 aliphatic carbocycles. The van der Waals surface area contributed by atoms with Gasteiger partial charge in [0.15, 0.2) is 5.82 Å². The number of hydrogen-bond acceptors (Lipinski definition) is 5. The number of aromatic nitrogens is 2. The normalized spacial score (nSPS) is 11.0. The molecule has 1 aromatic carbocycles. The summed E-state index contributed by atoms with van der Waals surface area (Å²) in [6.45, 7) is 0. The molecule has 0 N–H and O–H groups in total. The summed E-state index contributed by atoms with van der Waals surface area (Å²) in [5, 5.41) is 11.3. The zero-order valence-corrected chi connectivity index (χ0v) is 9.94. The second kappa shape index (κ2) is 4.74. The van der Waals surface area contributed by atoms with Crippen molar-refractivity contribution in [3.8, 4) is 0 Å². The highest BCUT2D eigenvalue weighted by molar-refractivity contribution is 5.90. The van der Waals surface area contributed by atoms with Gasteiger partial charge in [0.1, 0.15) is 6.33 Å². The monoisotopic (exact) mass is 245 g/mol. The first kappa shape index (κ1) is 11.9. The Hall–Kier alpha value is -2.57. The van der Waals surface area contributed by atoms with Gasteiger partial charge in [0.05, 0.1) is 22.2 Å². The average Bonchev–Trinajstić information content (AvgIpc) is 2.35. The Labute approximate surface area is 103 Å². The van der Waals surface area contributed by atoms with Crippen molar-refractivity contribution in [1.82, 2.24) is 14.9 Å². The number of nitro benzene ring substituents is 1. The second-order valence-electron chi connectivity index (χ2n) is 3.86. The molecule has 0 amide bonds. The fourth-order valence-electron chi connectivity index (χ4n) is 1.42. The molecule has 0 saturated carbocycles. The highest BCUT2D eigenvalue weighted by atomic mass is 16.6. The first-order valence-electron chi connectivity index (χ1n) is 5.17. The molecule has 1 heterocycles. The molecule has 0 aliphatic rings. The third kappa shape index (κ3) is 2.40. The predicted octanol–water partition coefficient (Wildman–Crippen LogP) is 1.76. The van der Waals surface area contributed by atoms with Gasteiger partial charge in [-0.05, 0) is 6.07 Å². The van der Waals surface area contributed by atoms with Crippen LogP contribution in [0.4, 0.5) is 11.5 Å². The largest absolute Gasteiger partial charge is 0.369 e. The molecule has 1 aromatic heterocycles. The van der Waals surface area contributed by atoms with E-state index in [0.29, 0.717) is 16.7 Å². The van der Waals surface area contributed by atoms with E-state index in [1.54, 1.807) is 17.3 Å². The number of fused-ring (bicyclic) bond motifs is 1. The number of aliphatic imine (C=N–C) groups is 1. The lowest BCUT2D eigenvalue weighted by Gasteiger charge is -2.03. The summed E-state index contributed by atoms with van der Waals surface area (Å²) >= 11 is 0. The number of rotatable bonds is 3. The molecule has 2 rings (SSSR count). The molecule has 0 bridgehead atoms. The Bertz CT molecular complexity index is 624. The Morgan fingerprint density at radius 3 is 2.83 bits per heavy atom. The van der Waals surface area contributed by atoms with Crippen LogP contribution < -0.4 is 0 Å². The van der Waals surface area contributed by atoms with Gasteiger partial charge in [-0.2, -0.15) is 0 Å². The fourth-order valence-corrected chi connectivity index (χ4v) is 1.42. The first-order valence-corrected chi connectivity index (χ1v) is 5.17. The smallest absolute Gasteiger partial charge is 0.270 e. The van der Waals surface area contributed by atoms with E-state index in [1.165, 1.54) is 18.5 Å². The summed E-state index contributed by atoms with van der Waals surface area (Å²) in [6, 6.07) is 4.43. The Morgan fingerprint density at radius 2 is 2.17 bits per heavy atom. The average molecular weight is 245 g/mol. The maximum Gasteiger partial charge on any atom is 0.270 e. The lowest BCUT2D eigenvalue weighted by atomic mass is 10.2. The fraction of sp³-hybridized carbons (Fsp3) is 0.182. The summed E-state index contributed by atoms with van der Waals surface area (Å²) in [5.41, 5.74) is 0.625. The minimum Gasteiger partial charge on any atom is -0.369 e.